The van der Waals surface area contributed by atoms with Gasteiger partial charge in [-0.2, -0.15) is 0 Å². The van der Waals surface area contributed by atoms with E-state index < -0.39 is 0 Å². The Balaban J connectivity index is 2.24. The molecule has 0 bridgehead atoms. The molecule has 0 radical (unpaired) electrons. The van der Waals surface area contributed by atoms with Gasteiger partial charge in [0.15, 0.2) is 0 Å². The average molecular weight is 349 g/mol. The SMILES string of the molecule is CCCNc1cc(Nc2ccccc2Br)nc(CCC)n1. The molecule has 0 aliphatic carbocycles. The van der Waals surface area contributed by atoms with Gasteiger partial charge in [-0.15, -0.1) is 0 Å². The molecule has 4 nitrogen and oxygen atoms in total. The molecule has 112 valence electrons. The Morgan fingerprint density at radius 2 is 1.81 bits per heavy atom. The molecule has 2 aromatic rings. The Bertz CT molecular complexity index is 586. The second kappa shape index (κ2) is 7.98. The first-order chi connectivity index (χ1) is 10.2. The minimum Gasteiger partial charge on any atom is -0.370 e. The zero-order valence-electron chi connectivity index (χ0n) is 12.5. The fraction of sp³-hybridized carbons (Fsp3) is 0.375. The molecule has 0 spiro atoms. The second-order valence-electron chi connectivity index (χ2n) is 4.84. The third kappa shape index (κ3) is 4.70. The molecule has 5 heteroatoms. The van der Waals surface area contributed by atoms with E-state index in [9.17, 15) is 0 Å². The van der Waals surface area contributed by atoms with E-state index in [1.54, 1.807) is 0 Å². The average Bonchev–Trinajstić information content (AvgIpc) is 2.48. The first-order valence-corrected chi connectivity index (χ1v) is 8.15. The Morgan fingerprint density at radius 3 is 2.52 bits per heavy atom. The van der Waals surface area contributed by atoms with Crippen molar-refractivity contribution in [3.05, 3.63) is 40.6 Å². The van der Waals surface area contributed by atoms with E-state index in [1.165, 1.54) is 0 Å². The van der Waals surface area contributed by atoms with Crippen LogP contribution in [0.1, 0.15) is 32.5 Å². The minimum atomic E-state index is 0.818. The molecule has 2 N–H and O–H groups in total. The standard InChI is InChI=1S/C16H21BrN4/c1-3-7-14-20-15(18-10-4-2)11-16(21-14)19-13-9-6-5-8-12(13)17/h5-6,8-9,11H,3-4,7,10H2,1-2H3,(H2,18,19,20,21). The van der Waals surface area contributed by atoms with E-state index >= 15 is 0 Å². The largest absolute Gasteiger partial charge is 0.370 e. The number of rotatable bonds is 7. The van der Waals surface area contributed by atoms with Gasteiger partial charge in [0.2, 0.25) is 0 Å². The van der Waals surface area contributed by atoms with Crippen molar-refractivity contribution in [2.24, 2.45) is 0 Å². The molecule has 2 rings (SSSR count). The van der Waals surface area contributed by atoms with Gasteiger partial charge in [0.05, 0.1) is 5.69 Å². The molecule has 0 atom stereocenters. The highest BCUT2D eigenvalue weighted by atomic mass is 79.9. The number of hydrogen-bond acceptors (Lipinski definition) is 4. The van der Waals surface area contributed by atoms with E-state index in [0.29, 0.717) is 0 Å². The zero-order chi connectivity index (χ0) is 15.1. The minimum absolute atomic E-state index is 0.818. The van der Waals surface area contributed by atoms with Gasteiger partial charge >= 0.3 is 0 Å². The summed E-state index contributed by atoms with van der Waals surface area (Å²) >= 11 is 3.54. The maximum Gasteiger partial charge on any atom is 0.136 e. The van der Waals surface area contributed by atoms with Crippen molar-refractivity contribution in [1.82, 2.24) is 9.97 Å². The smallest absolute Gasteiger partial charge is 0.136 e. The first kappa shape index (κ1) is 15.8. The zero-order valence-corrected chi connectivity index (χ0v) is 14.1. The Labute approximate surface area is 134 Å². The predicted octanol–water partition coefficient (Wildman–Crippen LogP) is 4.76. The molecule has 0 amide bonds. The summed E-state index contributed by atoms with van der Waals surface area (Å²) in [6, 6.07) is 9.97. The fourth-order valence-electron chi connectivity index (χ4n) is 1.94. The van der Waals surface area contributed by atoms with Gasteiger partial charge in [0, 0.05) is 23.5 Å². The second-order valence-corrected chi connectivity index (χ2v) is 5.69. The lowest BCUT2D eigenvalue weighted by Gasteiger charge is -2.11. The molecule has 21 heavy (non-hydrogen) atoms. The molecule has 0 unspecified atom stereocenters. The van der Waals surface area contributed by atoms with E-state index in [2.05, 4.69) is 50.4 Å². The van der Waals surface area contributed by atoms with Crippen molar-refractivity contribution in [2.45, 2.75) is 33.1 Å². The number of benzene rings is 1. The lowest BCUT2D eigenvalue weighted by atomic mass is 10.3. The van der Waals surface area contributed by atoms with Gasteiger partial charge in [-0.1, -0.05) is 26.0 Å². The molecular formula is C16H21BrN4. The van der Waals surface area contributed by atoms with Crippen LogP contribution in [0.2, 0.25) is 0 Å². The maximum absolute atomic E-state index is 4.58. The molecule has 1 heterocycles. The molecule has 0 aliphatic heterocycles. The molecule has 1 aromatic heterocycles. The third-order valence-corrected chi connectivity index (χ3v) is 3.63. The normalized spacial score (nSPS) is 10.4. The fourth-order valence-corrected chi connectivity index (χ4v) is 2.32. The van der Waals surface area contributed by atoms with E-state index in [1.807, 2.05) is 30.3 Å². The summed E-state index contributed by atoms with van der Waals surface area (Å²) in [4.78, 5) is 9.14. The summed E-state index contributed by atoms with van der Waals surface area (Å²) in [7, 11) is 0. The van der Waals surface area contributed by atoms with Crippen molar-refractivity contribution in [3.63, 3.8) is 0 Å². The van der Waals surface area contributed by atoms with Crippen LogP contribution in [0.3, 0.4) is 0 Å². The van der Waals surface area contributed by atoms with Crippen molar-refractivity contribution in [3.8, 4) is 0 Å². The highest BCUT2D eigenvalue weighted by molar-refractivity contribution is 9.10. The van der Waals surface area contributed by atoms with Crippen LogP contribution >= 0.6 is 15.9 Å². The highest BCUT2D eigenvalue weighted by Crippen LogP contribution is 2.25. The highest BCUT2D eigenvalue weighted by Gasteiger charge is 2.06. The number of aryl methyl sites for hydroxylation is 1. The number of aromatic nitrogens is 2. The summed E-state index contributed by atoms with van der Waals surface area (Å²) in [5, 5.41) is 6.68. The number of nitrogens with zero attached hydrogens (tertiary/aromatic N) is 2. The molecule has 1 aromatic carbocycles. The van der Waals surface area contributed by atoms with Crippen molar-refractivity contribution in [2.75, 3.05) is 17.2 Å². The number of para-hydroxylation sites is 1. The Hall–Kier alpha value is -1.62. The molecule has 0 fully saturated rings. The van der Waals surface area contributed by atoms with Gasteiger partial charge in [-0.25, -0.2) is 9.97 Å². The summed E-state index contributed by atoms with van der Waals surface area (Å²) in [5.74, 6) is 2.57. The van der Waals surface area contributed by atoms with Crippen LogP contribution in [0, 0.1) is 0 Å². The Kier molecular flexibility index (Phi) is 5.99. The van der Waals surface area contributed by atoms with Gasteiger partial charge in [0.1, 0.15) is 17.5 Å². The lowest BCUT2D eigenvalue weighted by Crippen LogP contribution is -2.07. The first-order valence-electron chi connectivity index (χ1n) is 7.36. The third-order valence-electron chi connectivity index (χ3n) is 2.94. The van der Waals surface area contributed by atoms with Crippen molar-refractivity contribution >= 4 is 33.3 Å². The quantitative estimate of drug-likeness (QED) is 0.757. The number of hydrogen-bond donors (Lipinski definition) is 2. The lowest BCUT2D eigenvalue weighted by molar-refractivity contribution is 0.834. The molecular weight excluding hydrogens is 328 g/mol. The van der Waals surface area contributed by atoms with Crippen LogP contribution in [-0.4, -0.2) is 16.5 Å². The summed E-state index contributed by atoms with van der Waals surface area (Å²) in [6.07, 6.45) is 2.98. The van der Waals surface area contributed by atoms with E-state index in [0.717, 1.165) is 53.4 Å². The van der Waals surface area contributed by atoms with Crippen LogP contribution < -0.4 is 10.6 Å². The summed E-state index contributed by atoms with van der Waals surface area (Å²) in [6.45, 7) is 5.19. The summed E-state index contributed by atoms with van der Waals surface area (Å²) < 4.78 is 1.02. The monoisotopic (exact) mass is 348 g/mol. The number of nitrogens with one attached hydrogen (secondary N) is 2. The summed E-state index contributed by atoms with van der Waals surface area (Å²) in [5.41, 5.74) is 1.00. The predicted molar refractivity (Wildman–Crippen MR) is 92.2 cm³/mol. The topological polar surface area (TPSA) is 49.8 Å². The Morgan fingerprint density at radius 1 is 1.05 bits per heavy atom. The van der Waals surface area contributed by atoms with E-state index in [-0.39, 0.29) is 0 Å². The van der Waals surface area contributed by atoms with Gasteiger partial charge in [-0.05, 0) is 40.9 Å². The number of halogens is 1. The molecule has 0 saturated carbocycles. The van der Waals surface area contributed by atoms with Crippen molar-refractivity contribution < 1.29 is 0 Å². The van der Waals surface area contributed by atoms with Gasteiger partial charge < -0.3 is 10.6 Å². The molecule has 0 saturated heterocycles. The van der Waals surface area contributed by atoms with Crippen LogP contribution in [0.15, 0.2) is 34.8 Å². The van der Waals surface area contributed by atoms with Gasteiger partial charge in [0.25, 0.3) is 0 Å². The molecule has 0 aliphatic rings. The number of anilines is 3. The van der Waals surface area contributed by atoms with Crippen LogP contribution in [-0.2, 0) is 6.42 Å². The van der Waals surface area contributed by atoms with Crippen LogP contribution in [0.25, 0.3) is 0 Å². The van der Waals surface area contributed by atoms with Crippen molar-refractivity contribution in [1.29, 1.82) is 0 Å². The maximum atomic E-state index is 4.58. The van der Waals surface area contributed by atoms with E-state index in [4.69, 9.17) is 0 Å². The van der Waals surface area contributed by atoms with Gasteiger partial charge in [-0.3, -0.25) is 0 Å². The van der Waals surface area contributed by atoms with Crippen LogP contribution in [0.4, 0.5) is 17.3 Å². The van der Waals surface area contributed by atoms with Crippen LogP contribution in [0.5, 0.6) is 0 Å².